The maximum absolute atomic E-state index is 14.3. The van der Waals surface area contributed by atoms with E-state index in [1.165, 1.54) is 12.1 Å². The molecule has 5 heteroatoms. The Balaban J connectivity index is 1.27. The summed E-state index contributed by atoms with van der Waals surface area (Å²) in [5.41, 5.74) is 1.46. The highest BCUT2D eigenvalue weighted by Crippen LogP contribution is 2.63. The predicted molar refractivity (Wildman–Crippen MR) is 110 cm³/mol. The fourth-order valence-electron chi connectivity index (χ4n) is 5.82. The lowest BCUT2D eigenvalue weighted by atomic mass is 9.68. The molecule has 1 aliphatic heterocycles. The zero-order valence-electron chi connectivity index (χ0n) is 17.2. The van der Waals surface area contributed by atoms with Gasteiger partial charge in [-0.3, -0.25) is 4.79 Å². The first kappa shape index (κ1) is 19.5. The molecule has 4 aliphatic rings. The monoisotopic (exact) mass is 411 g/mol. The van der Waals surface area contributed by atoms with Gasteiger partial charge >= 0.3 is 0 Å². The predicted octanol–water partition coefficient (Wildman–Crippen LogP) is 5.24. The van der Waals surface area contributed by atoms with Crippen molar-refractivity contribution in [3.8, 4) is 5.75 Å². The summed E-state index contributed by atoms with van der Waals surface area (Å²) < 4.78 is 34.0. The fourth-order valence-corrected chi connectivity index (χ4v) is 5.82. The lowest BCUT2D eigenvalue weighted by Crippen LogP contribution is -2.46. The number of hydrogen-bond acceptors (Lipinski definition) is 2. The smallest absolute Gasteiger partial charge is 0.229 e. The maximum atomic E-state index is 14.3. The Morgan fingerprint density at radius 1 is 1.17 bits per heavy atom. The summed E-state index contributed by atoms with van der Waals surface area (Å²) in [7, 11) is 0. The van der Waals surface area contributed by atoms with Crippen molar-refractivity contribution in [2.45, 2.75) is 44.8 Å². The Bertz CT molecular complexity index is 956. The van der Waals surface area contributed by atoms with Crippen molar-refractivity contribution in [3.05, 3.63) is 65.5 Å². The van der Waals surface area contributed by atoms with Crippen molar-refractivity contribution < 1.29 is 18.3 Å². The van der Waals surface area contributed by atoms with E-state index in [0.717, 1.165) is 30.6 Å². The molecule has 3 aliphatic carbocycles. The van der Waals surface area contributed by atoms with E-state index >= 15 is 0 Å². The number of hydrogen-bond donors (Lipinski definition) is 0. The van der Waals surface area contributed by atoms with Crippen molar-refractivity contribution in [1.82, 2.24) is 4.90 Å². The number of ether oxygens (including phenoxy) is 1. The highest BCUT2D eigenvalue weighted by Gasteiger charge is 2.62. The number of nitrogens with zero attached hydrogens (tertiary/aromatic N) is 1. The topological polar surface area (TPSA) is 29.5 Å². The molecule has 0 radical (unpaired) electrons. The molecular formula is C25H27F2NO2. The molecule has 3 saturated carbocycles. The molecule has 2 aromatic carbocycles. The van der Waals surface area contributed by atoms with Gasteiger partial charge in [0.15, 0.2) is 0 Å². The number of benzene rings is 2. The fraction of sp³-hybridized carbons (Fsp3) is 0.480. The van der Waals surface area contributed by atoms with Gasteiger partial charge in [-0.1, -0.05) is 24.3 Å². The second-order valence-corrected chi connectivity index (χ2v) is 9.40. The third kappa shape index (κ3) is 3.38. The van der Waals surface area contributed by atoms with E-state index < -0.39 is 6.17 Å². The van der Waals surface area contributed by atoms with Crippen LogP contribution in [0.3, 0.4) is 0 Å². The number of alkyl halides is 1. The first-order valence-corrected chi connectivity index (χ1v) is 10.8. The second kappa shape index (κ2) is 7.36. The minimum atomic E-state index is -1.06. The summed E-state index contributed by atoms with van der Waals surface area (Å²) in [6.45, 7) is 2.76. The highest BCUT2D eigenvalue weighted by atomic mass is 19.1. The van der Waals surface area contributed by atoms with Crippen LogP contribution >= 0.6 is 0 Å². The molecule has 2 bridgehead atoms. The number of amides is 1. The van der Waals surface area contributed by atoms with Gasteiger partial charge < -0.3 is 9.64 Å². The summed E-state index contributed by atoms with van der Waals surface area (Å²) in [6.07, 6.45) is 1.70. The Morgan fingerprint density at radius 2 is 1.97 bits per heavy atom. The summed E-state index contributed by atoms with van der Waals surface area (Å²) in [5, 5.41) is 0. The first-order chi connectivity index (χ1) is 14.4. The average Bonchev–Trinajstić information content (AvgIpc) is 3.36. The third-order valence-corrected chi connectivity index (χ3v) is 7.28. The van der Waals surface area contributed by atoms with Gasteiger partial charge in [-0.15, -0.1) is 0 Å². The molecule has 0 spiro atoms. The third-order valence-electron chi connectivity index (χ3n) is 7.28. The molecule has 0 aromatic heterocycles. The minimum absolute atomic E-state index is 0.0474. The van der Waals surface area contributed by atoms with Crippen molar-refractivity contribution >= 4 is 5.91 Å². The van der Waals surface area contributed by atoms with Crippen LogP contribution < -0.4 is 4.74 Å². The molecule has 158 valence electrons. The molecular weight excluding hydrogens is 384 g/mol. The van der Waals surface area contributed by atoms with Crippen molar-refractivity contribution in [2.24, 2.45) is 17.3 Å². The molecule has 1 heterocycles. The summed E-state index contributed by atoms with van der Waals surface area (Å²) >= 11 is 0. The van der Waals surface area contributed by atoms with E-state index in [9.17, 15) is 13.6 Å². The van der Waals surface area contributed by atoms with E-state index in [4.69, 9.17) is 4.74 Å². The molecule has 3 atom stereocenters. The Morgan fingerprint density at radius 3 is 2.73 bits per heavy atom. The average molecular weight is 411 g/mol. The van der Waals surface area contributed by atoms with Crippen molar-refractivity contribution in [2.75, 3.05) is 13.2 Å². The molecule has 3 nitrogen and oxygen atoms in total. The molecule has 30 heavy (non-hydrogen) atoms. The lowest BCUT2D eigenvalue weighted by molar-refractivity contribution is -0.147. The highest BCUT2D eigenvalue weighted by molar-refractivity contribution is 5.85. The van der Waals surface area contributed by atoms with Crippen molar-refractivity contribution in [1.29, 1.82) is 0 Å². The Kier molecular flexibility index (Phi) is 4.79. The van der Waals surface area contributed by atoms with Gasteiger partial charge in [0.05, 0.1) is 24.6 Å². The minimum Gasteiger partial charge on any atom is -0.493 e. The van der Waals surface area contributed by atoms with Gasteiger partial charge in [0.25, 0.3) is 0 Å². The molecule has 2 aromatic rings. The second-order valence-electron chi connectivity index (χ2n) is 9.40. The van der Waals surface area contributed by atoms with Crippen LogP contribution in [0.25, 0.3) is 0 Å². The van der Waals surface area contributed by atoms with Gasteiger partial charge in [-0.2, -0.15) is 0 Å². The van der Waals surface area contributed by atoms with Gasteiger partial charge in [-0.05, 0) is 73.4 Å². The standard InChI is InChI=1S/C25H27F2NO2/c1-16-4-2-7-22(8-16)30-15-19-13-25(11-18(19)12-25)24(29)28-14-21(27)10-23(28)17-5-3-6-20(26)9-17/h2-9,18-19,21,23H,10-15H2,1H3. The van der Waals surface area contributed by atoms with Crippen LogP contribution in [0.4, 0.5) is 8.78 Å². The van der Waals surface area contributed by atoms with E-state index in [2.05, 4.69) is 0 Å². The number of aryl methyl sites for hydroxylation is 1. The van der Waals surface area contributed by atoms with Gasteiger partial charge in [0, 0.05) is 6.42 Å². The summed E-state index contributed by atoms with van der Waals surface area (Å²) in [4.78, 5) is 15.2. The molecule has 3 unspecified atom stereocenters. The van der Waals surface area contributed by atoms with Crippen LogP contribution in [0.1, 0.15) is 42.9 Å². The van der Waals surface area contributed by atoms with Gasteiger partial charge in [0.2, 0.25) is 5.91 Å². The zero-order chi connectivity index (χ0) is 20.9. The Hall–Kier alpha value is -2.43. The number of carbonyl (C=O) groups excluding carboxylic acids is 1. The van der Waals surface area contributed by atoms with Gasteiger partial charge in [0.1, 0.15) is 17.7 Å². The number of halogens is 2. The number of rotatable bonds is 5. The summed E-state index contributed by atoms with van der Waals surface area (Å²) in [6, 6.07) is 13.9. The van der Waals surface area contributed by atoms with Crippen LogP contribution in [-0.2, 0) is 4.79 Å². The Labute approximate surface area is 176 Å². The number of fused-ring (bicyclic) bond motifs is 1. The SMILES string of the molecule is Cc1cccc(OCC2CC3(C(=O)N4CC(F)CC4c4cccc(F)c4)CC2C3)c1. The number of likely N-dealkylation sites (tertiary alicyclic amines) is 1. The summed E-state index contributed by atoms with van der Waals surface area (Å²) in [5.74, 6) is 1.41. The lowest BCUT2D eigenvalue weighted by Gasteiger charge is -2.41. The van der Waals surface area contributed by atoms with E-state index in [-0.39, 0.29) is 36.1 Å². The van der Waals surface area contributed by atoms with E-state index in [0.29, 0.717) is 24.0 Å². The molecule has 1 saturated heterocycles. The van der Waals surface area contributed by atoms with Crippen LogP contribution in [0.5, 0.6) is 5.75 Å². The van der Waals surface area contributed by atoms with Crippen LogP contribution in [0.15, 0.2) is 48.5 Å². The zero-order valence-corrected chi connectivity index (χ0v) is 17.2. The van der Waals surface area contributed by atoms with Crippen LogP contribution in [-0.4, -0.2) is 30.1 Å². The van der Waals surface area contributed by atoms with Crippen LogP contribution in [0, 0.1) is 30.0 Å². The molecule has 6 rings (SSSR count). The molecule has 4 fully saturated rings. The number of carbonyl (C=O) groups is 1. The molecule has 1 amide bonds. The normalized spacial score (nSPS) is 32.2. The largest absolute Gasteiger partial charge is 0.493 e. The van der Waals surface area contributed by atoms with E-state index in [1.54, 1.807) is 17.0 Å². The first-order valence-electron chi connectivity index (χ1n) is 10.8. The quantitative estimate of drug-likeness (QED) is 0.673. The van der Waals surface area contributed by atoms with Gasteiger partial charge in [-0.25, -0.2) is 8.78 Å². The maximum Gasteiger partial charge on any atom is 0.229 e. The van der Waals surface area contributed by atoms with E-state index in [1.807, 2.05) is 31.2 Å². The van der Waals surface area contributed by atoms with Crippen LogP contribution in [0.2, 0.25) is 0 Å². The molecule has 0 N–H and O–H groups in total. The van der Waals surface area contributed by atoms with Crippen molar-refractivity contribution in [3.63, 3.8) is 0 Å².